The second-order valence-corrected chi connectivity index (χ2v) is 6.11. The highest BCUT2D eigenvalue weighted by Gasteiger charge is 2.14. The third kappa shape index (κ3) is 4.53. The Hall–Kier alpha value is -0.680. The van der Waals surface area contributed by atoms with E-state index in [2.05, 4.69) is 22.9 Å². The second-order valence-electron chi connectivity index (χ2n) is 3.80. The van der Waals surface area contributed by atoms with Crippen molar-refractivity contribution in [3.8, 4) is 5.75 Å². The topological polar surface area (TPSA) is 46.5 Å². The van der Waals surface area contributed by atoms with E-state index in [0.29, 0.717) is 12.4 Å². The van der Waals surface area contributed by atoms with E-state index in [9.17, 15) is 4.79 Å². The van der Waals surface area contributed by atoms with Crippen LogP contribution in [0.15, 0.2) is 16.6 Å². The number of carboxylic acids is 1. The molecule has 5 heteroatoms. The van der Waals surface area contributed by atoms with Gasteiger partial charge >= 0.3 is 5.97 Å². The Bertz CT molecular complexity index is 421. The van der Waals surface area contributed by atoms with Gasteiger partial charge in [-0.25, -0.2) is 4.79 Å². The van der Waals surface area contributed by atoms with Crippen LogP contribution in [0, 0.1) is 6.92 Å². The Morgan fingerprint density at radius 2 is 2.22 bits per heavy atom. The molecule has 0 saturated carbocycles. The van der Waals surface area contributed by atoms with Gasteiger partial charge in [0.15, 0.2) is 0 Å². The molecular formula is C13H17BrO3S. The molecule has 0 unspecified atom stereocenters. The zero-order valence-corrected chi connectivity index (χ0v) is 12.9. The molecule has 0 atom stereocenters. The summed E-state index contributed by atoms with van der Waals surface area (Å²) in [5.41, 5.74) is 1.05. The molecule has 0 aliphatic rings. The number of benzene rings is 1. The Morgan fingerprint density at radius 3 is 2.83 bits per heavy atom. The van der Waals surface area contributed by atoms with Gasteiger partial charge in [0.05, 0.1) is 6.61 Å². The molecule has 0 amide bonds. The molecule has 100 valence electrons. The Balaban J connectivity index is 2.71. The third-order valence-corrected chi connectivity index (χ3v) is 3.80. The van der Waals surface area contributed by atoms with Gasteiger partial charge in [0.1, 0.15) is 11.3 Å². The van der Waals surface area contributed by atoms with Crippen molar-refractivity contribution in [1.29, 1.82) is 0 Å². The van der Waals surface area contributed by atoms with Crippen molar-refractivity contribution in [3.05, 3.63) is 27.7 Å². The highest BCUT2D eigenvalue weighted by atomic mass is 79.9. The lowest BCUT2D eigenvalue weighted by Gasteiger charge is -2.12. The number of ether oxygens (including phenoxy) is 1. The van der Waals surface area contributed by atoms with Crippen LogP contribution >= 0.6 is 27.7 Å². The normalized spacial score (nSPS) is 10.4. The summed E-state index contributed by atoms with van der Waals surface area (Å²) in [6.45, 7) is 4.52. The minimum Gasteiger partial charge on any atom is -0.492 e. The van der Waals surface area contributed by atoms with Crippen molar-refractivity contribution >= 4 is 33.7 Å². The van der Waals surface area contributed by atoms with Gasteiger partial charge in [-0.15, -0.1) is 0 Å². The molecule has 1 rings (SSSR count). The molecule has 0 fully saturated rings. The number of carboxylic acid groups (broad SMARTS) is 1. The number of thioether (sulfide) groups is 1. The fourth-order valence-electron chi connectivity index (χ4n) is 1.56. The van der Waals surface area contributed by atoms with Gasteiger partial charge in [-0.05, 0) is 42.5 Å². The van der Waals surface area contributed by atoms with Crippen molar-refractivity contribution in [3.63, 3.8) is 0 Å². The Kier molecular flexibility index (Phi) is 6.57. The van der Waals surface area contributed by atoms with Gasteiger partial charge in [0.2, 0.25) is 0 Å². The number of hydrogen-bond donors (Lipinski definition) is 1. The minimum absolute atomic E-state index is 0.213. The maximum atomic E-state index is 11.2. The van der Waals surface area contributed by atoms with E-state index in [0.717, 1.165) is 28.0 Å². The molecule has 1 aromatic carbocycles. The SMILES string of the molecule is CCSCCCOc1c(C)cc(Br)cc1C(=O)O. The van der Waals surface area contributed by atoms with Crippen LogP contribution in [0.4, 0.5) is 0 Å². The first-order chi connectivity index (χ1) is 8.56. The van der Waals surface area contributed by atoms with Crippen LogP contribution in [0.25, 0.3) is 0 Å². The first-order valence-electron chi connectivity index (χ1n) is 5.80. The second kappa shape index (κ2) is 7.69. The highest BCUT2D eigenvalue weighted by molar-refractivity contribution is 9.10. The van der Waals surface area contributed by atoms with E-state index >= 15 is 0 Å². The van der Waals surface area contributed by atoms with Crippen molar-refractivity contribution in [2.24, 2.45) is 0 Å². The van der Waals surface area contributed by atoms with Crippen LogP contribution in [-0.2, 0) is 0 Å². The van der Waals surface area contributed by atoms with E-state index in [1.807, 2.05) is 24.8 Å². The molecule has 0 aliphatic carbocycles. The van der Waals surface area contributed by atoms with Crippen LogP contribution in [0.5, 0.6) is 5.75 Å². The third-order valence-electron chi connectivity index (χ3n) is 2.35. The van der Waals surface area contributed by atoms with Gasteiger partial charge in [0, 0.05) is 4.47 Å². The molecule has 0 aromatic heterocycles. The predicted molar refractivity (Wildman–Crippen MR) is 78.9 cm³/mol. The maximum absolute atomic E-state index is 11.2. The fraction of sp³-hybridized carbons (Fsp3) is 0.462. The summed E-state index contributed by atoms with van der Waals surface area (Å²) < 4.78 is 6.37. The number of halogens is 1. The zero-order valence-electron chi connectivity index (χ0n) is 10.5. The summed E-state index contributed by atoms with van der Waals surface area (Å²) in [7, 11) is 0. The van der Waals surface area contributed by atoms with Crippen LogP contribution in [0.1, 0.15) is 29.3 Å². The molecule has 0 heterocycles. The number of hydrogen-bond acceptors (Lipinski definition) is 3. The minimum atomic E-state index is -0.961. The van der Waals surface area contributed by atoms with Crippen LogP contribution < -0.4 is 4.74 Å². The maximum Gasteiger partial charge on any atom is 0.339 e. The number of rotatable bonds is 7. The molecule has 18 heavy (non-hydrogen) atoms. The zero-order chi connectivity index (χ0) is 13.5. The summed E-state index contributed by atoms with van der Waals surface area (Å²) in [6.07, 6.45) is 0.924. The van der Waals surface area contributed by atoms with E-state index in [-0.39, 0.29) is 5.56 Å². The molecular weight excluding hydrogens is 316 g/mol. The number of aromatic carboxylic acids is 1. The highest BCUT2D eigenvalue weighted by Crippen LogP contribution is 2.28. The van der Waals surface area contributed by atoms with Crippen molar-refractivity contribution in [1.82, 2.24) is 0 Å². The van der Waals surface area contributed by atoms with E-state index in [4.69, 9.17) is 9.84 Å². The molecule has 1 aromatic rings. The fourth-order valence-corrected chi connectivity index (χ4v) is 2.74. The van der Waals surface area contributed by atoms with Gasteiger partial charge in [-0.2, -0.15) is 11.8 Å². The summed E-state index contributed by atoms with van der Waals surface area (Å²) in [5, 5.41) is 9.15. The largest absolute Gasteiger partial charge is 0.492 e. The standard InChI is InChI=1S/C13H17BrO3S/c1-3-18-6-4-5-17-12-9(2)7-10(14)8-11(12)13(15)16/h7-8H,3-6H2,1-2H3,(H,15,16). The molecule has 1 N–H and O–H groups in total. The van der Waals surface area contributed by atoms with Gasteiger partial charge < -0.3 is 9.84 Å². The van der Waals surface area contributed by atoms with Crippen LogP contribution in [0.2, 0.25) is 0 Å². The van der Waals surface area contributed by atoms with Crippen LogP contribution in [0.3, 0.4) is 0 Å². The lowest BCUT2D eigenvalue weighted by molar-refractivity contribution is 0.0692. The Labute approximate surface area is 120 Å². The van der Waals surface area contributed by atoms with E-state index < -0.39 is 5.97 Å². The molecule has 0 saturated heterocycles. The number of carbonyl (C=O) groups is 1. The average Bonchev–Trinajstić information content (AvgIpc) is 2.30. The summed E-state index contributed by atoms with van der Waals surface area (Å²) in [4.78, 5) is 11.2. The summed E-state index contributed by atoms with van der Waals surface area (Å²) >= 11 is 5.15. The van der Waals surface area contributed by atoms with Gasteiger partial charge in [-0.3, -0.25) is 0 Å². The average molecular weight is 333 g/mol. The van der Waals surface area contributed by atoms with E-state index in [1.54, 1.807) is 6.07 Å². The van der Waals surface area contributed by atoms with Crippen molar-refractivity contribution in [2.75, 3.05) is 18.1 Å². The van der Waals surface area contributed by atoms with E-state index in [1.165, 1.54) is 0 Å². The smallest absolute Gasteiger partial charge is 0.339 e. The lowest BCUT2D eigenvalue weighted by atomic mass is 10.1. The molecule has 0 spiro atoms. The van der Waals surface area contributed by atoms with Gasteiger partial charge in [-0.1, -0.05) is 22.9 Å². The quantitative estimate of drug-likeness (QED) is 0.767. The first-order valence-corrected chi connectivity index (χ1v) is 7.75. The molecule has 3 nitrogen and oxygen atoms in total. The molecule has 0 bridgehead atoms. The van der Waals surface area contributed by atoms with Crippen molar-refractivity contribution < 1.29 is 14.6 Å². The Morgan fingerprint density at radius 1 is 1.50 bits per heavy atom. The monoisotopic (exact) mass is 332 g/mol. The van der Waals surface area contributed by atoms with Crippen molar-refractivity contribution in [2.45, 2.75) is 20.3 Å². The summed E-state index contributed by atoms with van der Waals surface area (Å²) in [5.74, 6) is 1.65. The van der Waals surface area contributed by atoms with Crippen LogP contribution in [-0.4, -0.2) is 29.2 Å². The summed E-state index contributed by atoms with van der Waals surface area (Å²) in [6, 6.07) is 3.44. The lowest BCUT2D eigenvalue weighted by Crippen LogP contribution is -2.07. The molecule has 0 radical (unpaired) electrons. The first kappa shape index (κ1) is 15.4. The number of aryl methyl sites for hydroxylation is 1. The van der Waals surface area contributed by atoms with Gasteiger partial charge in [0.25, 0.3) is 0 Å². The molecule has 0 aliphatic heterocycles. The predicted octanol–water partition coefficient (Wildman–Crippen LogP) is 3.98.